The normalized spacial score (nSPS) is 12.5. The Morgan fingerprint density at radius 1 is 1.15 bits per heavy atom. The Morgan fingerprint density at radius 3 is 2.15 bits per heavy atom. The van der Waals surface area contributed by atoms with E-state index in [9.17, 15) is 4.79 Å². The molecule has 112 valence electrons. The van der Waals surface area contributed by atoms with Crippen LogP contribution in [-0.2, 0) is 9.53 Å². The molecule has 1 aromatic carbocycles. The second kappa shape index (κ2) is 8.50. The molecule has 1 atom stereocenters. The van der Waals surface area contributed by atoms with E-state index < -0.39 is 0 Å². The van der Waals surface area contributed by atoms with E-state index in [1.54, 1.807) is 13.0 Å². The van der Waals surface area contributed by atoms with Crippen LogP contribution in [0.4, 0.5) is 0 Å². The van der Waals surface area contributed by atoms with E-state index in [0.717, 1.165) is 18.7 Å². The summed E-state index contributed by atoms with van der Waals surface area (Å²) >= 11 is 12.1. The first kappa shape index (κ1) is 17.3. The van der Waals surface area contributed by atoms with E-state index >= 15 is 0 Å². The Kier molecular flexibility index (Phi) is 7.35. The van der Waals surface area contributed by atoms with Crippen molar-refractivity contribution in [1.82, 2.24) is 4.90 Å². The monoisotopic (exact) mass is 317 g/mol. The summed E-state index contributed by atoms with van der Waals surface area (Å²) in [6.07, 6.45) is 0.298. The summed E-state index contributed by atoms with van der Waals surface area (Å²) in [5.41, 5.74) is 0.944. The molecule has 20 heavy (non-hydrogen) atoms. The molecule has 0 N–H and O–H groups in total. The molecule has 0 aromatic heterocycles. The average molecular weight is 318 g/mol. The van der Waals surface area contributed by atoms with E-state index in [1.807, 2.05) is 12.1 Å². The maximum Gasteiger partial charge on any atom is 0.307 e. The number of rotatable bonds is 7. The highest BCUT2D eigenvalue weighted by Crippen LogP contribution is 2.29. The minimum Gasteiger partial charge on any atom is -0.466 e. The van der Waals surface area contributed by atoms with Gasteiger partial charge in [0.15, 0.2) is 0 Å². The summed E-state index contributed by atoms with van der Waals surface area (Å²) < 4.78 is 5.06. The number of nitrogens with zero attached hydrogens (tertiary/aromatic N) is 1. The van der Waals surface area contributed by atoms with Gasteiger partial charge in [0.1, 0.15) is 0 Å². The SMILES string of the molecule is CCOC(=O)CC(c1cc(Cl)cc(Cl)c1)N(CC)CC. The third-order valence-electron chi connectivity index (χ3n) is 3.19. The van der Waals surface area contributed by atoms with Crippen LogP contribution in [0.25, 0.3) is 0 Å². The number of ether oxygens (including phenoxy) is 1. The molecule has 0 bridgehead atoms. The maximum atomic E-state index is 11.8. The van der Waals surface area contributed by atoms with Gasteiger partial charge in [-0.15, -0.1) is 0 Å². The van der Waals surface area contributed by atoms with Gasteiger partial charge in [-0.05, 0) is 43.8 Å². The molecule has 0 saturated heterocycles. The molecule has 0 fully saturated rings. The predicted molar refractivity (Wildman–Crippen MR) is 83.4 cm³/mol. The predicted octanol–water partition coefficient (Wildman–Crippen LogP) is 4.33. The van der Waals surface area contributed by atoms with Crippen molar-refractivity contribution in [2.75, 3.05) is 19.7 Å². The number of halogens is 2. The summed E-state index contributed by atoms with van der Waals surface area (Å²) in [6.45, 7) is 8.00. The minimum atomic E-state index is -0.208. The number of hydrogen-bond acceptors (Lipinski definition) is 3. The van der Waals surface area contributed by atoms with Crippen molar-refractivity contribution in [3.05, 3.63) is 33.8 Å². The fourth-order valence-corrected chi connectivity index (χ4v) is 2.81. The Morgan fingerprint density at radius 2 is 1.70 bits per heavy atom. The van der Waals surface area contributed by atoms with Crippen LogP contribution in [0.2, 0.25) is 10.0 Å². The standard InChI is InChI=1S/C15H21Cl2NO2/c1-4-18(5-2)14(10-15(19)20-6-3)11-7-12(16)9-13(17)8-11/h7-9,14H,4-6,10H2,1-3H3. The fourth-order valence-electron chi connectivity index (χ4n) is 2.27. The number of benzene rings is 1. The largest absolute Gasteiger partial charge is 0.466 e. The quantitative estimate of drug-likeness (QED) is 0.701. The van der Waals surface area contributed by atoms with Crippen molar-refractivity contribution in [3.63, 3.8) is 0 Å². The molecule has 0 aliphatic rings. The van der Waals surface area contributed by atoms with E-state index in [-0.39, 0.29) is 12.0 Å². The molecule has 1 rings (SSSR count). The molecule has 3 nitrogen and oxygen atoms in total. The van der Waals surface area contributed by atoms with Gasteiger partial charge in [0.2, 0.25) is 0 Å². The third-order valence-corrected chi connectivity index (χ3v) is 3.62. The van der Waals surface area contributed by atoms with Crippen LogP contribution in [0.5, 0.6) is 0 Å². The lowest BCUT2D eigenvalue weighted by atomic mass is 10.0. The molecule has 0 aliphatic carbocycles. The summed E-state index contributed by atoms with van der Waals surface area (Å²) in [6, 6.07) is 5.34. The lowest BCUT2D eigenvalue weighted by molar-refractivity contribution is -0.144. The minimum absolute atomic E-state index is 0.0692. The summed E-state index contributed by atoms with van der Waals surface area (Å²) in [7, 11) is 0. The molecule has 0 heterocycles. The Labute approximate surface area is 130 Å². The van der Waals surface area contributed by atoms with Gasteiger partial charge in [-0.3, -0.25) is 9.69 Å². The van der Waals surface area contributed by atoms with E-state index in [2.05, 4.69) is 18.7 Å². The summed E-state index contributed by atoms with van der Waals surface area (Å²) in [4.78, 5) is 14.0. The van der Waals surface area contributed by atoms with Crippen LogP contribution < -0.4 is 0 Å². The van der Waals surface area contributed by atoms with Gasteiger partial charge in [0.25, 0.3) is 0 Å². The molecular formula is C15H21Cl2NO2. The van der Waals surface area contributed by atoms with Gasteiger partial charge in [-0.1, -0.05) is 37.0 Å². The van der Waals surface area contributed by atoms with Gasteiger partial charge in [0.05, 0.1) is 13.0 Å². The highest BCUT2D eigenvalue weighted by Gasteiger charge is 2.22. The van der Waals surface area contributed by atoms with Crippen LogP contribution in [0.1, 0.15) is 38.8 Å². The second-order valence-electron chi connectivity index (χ2n) is 4.45. The van der Waals surface area contributed by atoms with Gasteiger partial charge < -0.3 is 4.74 Å². The molecule has 1 unspecified atom stereocenters. The Bertz CT molecular complexity index is 427. The highest BCUT2D eigenvalue weighted by atomic mass is 35.5. The molecular weight excluding hydrogens is 297 g/mol. The van der Waals surface area contributed by atoms with Crippen LogP contribution in [-0.4, -0.2) is 30.6 Å². The Balaban J connectivity index is 3.05. The van der Waals surface area contributed by atoms with Crippen molar-refractivity contribution in [1.29, 1.82) is 0 Å². The first-order valence-corrected chi connectivity index (χ1v) is 7.63. The molecule has 0 amide bonds. The van der Waals surface area contributed by atoms with E-state index in [1.165, 1.54) is 0 Å². The number of carbonyl (C=O) groups excluding carboxylic acids is 1. The molecule has 0 aliphatic heterocycles. The lowest BCUT2D eigenvalue weighted by Crippen LogP contribution is -2.30. The van der Waals surface area contributed by atoms with Gasteiger partial charge in [0, 0.05) is 16.1 Å². The molecule has 0 radical (unpaired) electrons. The first-order valence-electron chi connectivity index (χ1n) is 6.87. The maximum absolute atomic E-state index is 11.8. The van der Waals surface area contributed by atoms with Gasteiger partial charge in [-0.25, -0.2) is 0 Å². The van der Waals surface area contributed by atoms with Crippen molar-refractivity contribution >= 4 is 29.2 Å². The smallest absolute Gasteiger partial charge is 0.307 e. The lowest BCUT2D eigenvalue weighted by Gasteiger charge is -2.29. The molecule has 5 heteroatoms. The van der Waals surface area contributed by atoms with Crippen LogP contribution >= 0.6 is 23.2 Å². The molecule has 0 saturated carbocycles. The zero-order chi connectivity index (χ0) is 15.1. The van der Waals surface area contributed by atoms with Gasteiger partial charge in [-0.2, -0.15) is 0 Å². The van der Waals surface area contributed by atoms with Crippen LogP contribution in [0.15, 0.2) is 18.2 Å². The topological polar surface area (TPSA) is 29.5 Å². The zero-order valence-corrected chi connectivity index (χ0v) is 13.7. The summed E-state index contributed by atoms with van der Waals surface area (Å²) in [5, 5.41) is 1.15. The average Bonchev–Trinajstić information content (AvgIpc) is 2.38. The van der Waals surface area contributed by atoms with Crippen LogP contribution in [0, 0.1) is 0 Å². The molecule has 0 spiro atoms. The van der Waals surface area contributed by atoms with Crippen molar-refractivity contribution < 1.29 is 9.53 Å². The number of esters is 1. The van der Waals surface area contributed by atoms with Crippen molar-refractivity contribution in [2.45, 2.75) is 33.2 Å². The number of carbonyl (C=O) groups is 1. The second-order valence-corrected chi connectivity index (χ2v) is 5.32. The molecule has 1 aromatic rings. The highest BCUT2D eigenvalue weighted by molar-refractivity contribution is 6.34. The van der Waals surface area contributed by atoms with Crippen molar-refractivity contribution in [3.8, 4) is 0 Å². The van der Waals surface area contributed by atoms with E-state index in [4.69, 9.17) is 27.9 Å². The van der Waals surface area contributed by atoms with E-state index in [0.29, 0.717) is 23.1 Å². The fraction of sp³-hybridized carbons (Fsp3) is 0.533. The first-order chi connectivity index (χ1) is 9.51. The van der Waals surface area contributed by atoms with Gasteiger partial charge >= 0.3 is 5.97 Å². The van der Waals surface area contributed by atoms with Crippen molar-refractivity contribution in [2.24, 2.45) is 0 Å². The zero-order valence-electron chi connectivity index (χ0n) is 12.2. The Hall–Kier alpha value is -0.770. The third kappa shape index (κ3) is 4.97. The van der Waals surface area contributed by atoms with Crippen LogP contribution in [0.3, 0.4) is 0 Å². The summed E-state index contributed by atoms with van der Waals surface area (Å²) in [5.74, 6) is -0.208. The number of hydrogen-bond donors (Lipinski definition) is 0.